The van der Waals surface area contributed by atoms with Gasteiger partial charge < -0.3 is 5.73 Å². The van der Waals surface area contributed by atoms with Gasteiger partial charge in [0.05, 0.1) is 0 Å². The summed E-state index contributed by atoms with van der Waals surface area (Å²) in [5.41, 5.74) is 8.66. The Morgan fingerprint density at radius 3 is 2.48 bits per heavy atom. The zero-order chi connectivity index (χ0) is 15.4. The maximum Gasteiger partial charge on any atom is 0.0472 e. The van der Waals surface area contributed by atoms with Crippen LogP contribution in [0.1, 0.15) is 56.2 Å². The molecule has 0 heterocycles. The number of halogens is 1. The molecule has 0 spiro atoms. The third kappa shape index (κ3) is 4.00. The molecule has 2 nitrogen and oxygen atoms in total. The van der Waals surface area contributed by atoms with Crippen LogP contribution in [0.3, 0.4) is 0 Å². The van der Waals surface area contributed by atoms with Crippen molar-refractivity contribution >= 4 is 11.6 Å². The first kappa shape index (κ1) is 16.8. The number of rotatable bonds is 5. The average molecular weight is 309 g/mol. The Hall–Kier alpha value is -0.570. The predicted molar refractivity (Wildman–Crippen MR) is 91.8 cm³/mol. The third-order valence-electron chi connectivity index (χ3n) is 5.28. The van der Waals surface area contributed by atoms with Gasteiger partial charge in [-0.3, -0.25) is 4.90 Å². The van der Waals surface area contributed by atoms with Crippen molar-refractivity contribution in [2.45, 2.75) is 58.0 Å². The van der Waals surface area contributed by atoms with Crippen molar-refractivity contribution in [1.82, 2.24) is 4.90 Å². The van der Waals surface area contributed by atoms with Crippen molar-refractivity contribution in [3.05, 3.63) is 34.3 Å². The SMILES string of the molecule is CCC1CCC(N(C)C(CN)c2ccc(Cl)cc2C)CC1. The van der Waals surface area contributed by atoms with Crippen LogP contribution in [0.2, 0.25) is 5.02 Å². The summed E-state index contributed by atoms with van der Waals surface area (Å²) in [7, 11) is 2.24. The van der Waals surface area contributed by atoms with Crippen molar-refractivity contribution in [3.8, 4) is 0 Å². The maximum atomic E-state index is 6.10. The van der Waals surface area contributed by atoms with E-state index in [-0.39, 0.29) is 0 Å². The molecule has 1 atom stereocenters. The molecule has 2 rings (SSSR count). The van der Waals surface area contributed by atoms with Crippen molar-refractivity contribution in [2.75, 3.05) is 13.6 Å². The molecule has 1 aromatic rings. The Labute approximate surface area is 134 Å². The third-order valence-corrected chi connectivity index (χ3v) is 5.51. The Kier molecular flexibility index (Phi) is 6.09. The summed E-state index contributed by atoms with van der Waals surface area (Å²) in [6.45, 7) is 5.10. The van der Waals surface area contributed by atoms with E-state index in [1.165, 1.54) is 43.2 Å². The van der Waals surface area contributed by atoms with E-state index >= 15 is 0 Å². The molecular formula is C18H29ClN2. The molecule has 0 bridgehead atoms. The first-order valence-corrected chi connectivity index (χ1v) is 8.62. The average Bonchev–Trinajstić information content (AvgIpc) is 2.50. The Morgan fingerprint density at radius 2 is 1.95 bits per heavy atom. The lowest BCUT2D eigenvalue weighted by atomic mass is 9.83. The van der Waals surface area contributed by atoms with Crippen LogP contribution in [-0.4, -0.2) is 24.5 Å². The van der Waals surface area contributed by atoms with E-state index < -0.39 is 0 Å². The number of nitrogens with two attached hydrogens (primary N) is 1. The number of hydrogen-bond acceptors (Lipinski definition) is 2. The summed E-state index contributed by atoms with van der Waals surface area (Å²) >= 11 is 6.08. The van der Waals surface area contributed by atoms with Crippen LogP contribution in [-0.2, 0) is 0 Å². The lowest BCUT2D eigenvalue weighted by molar-refractivity contribution is 0.121. The highest BCUT2D eigenvalue weighted by Crippen LogP contribution is 2.33. The molecule has 0 saturated heterocycles. The lowest BCUT2D eigenvalue weighted by Gasteiger charge is -2.39. The van der Waals surface area contributed by atoms with Gasteiger partial charge in [0.2, 0.25) is 0 Å². The van der Waals surface area contributed by atoms with Crippen LogP contribution < -0.4 is 5.73 Å². The minimum Gasteiger partial charge on any atom is -0.329 e. The molecule has 0 aromatic heterocycles. The summed E-state index contributed by atoms with van der Waals surface area (Å²) in [5, 5.41) is 0.804. The summed E-state index contributed by atoms with van der Waals surface area (Å²) in [6.07, 6.45) is 6.66. The van der Waals surface area contributed by atoms with Crippen molar-refractivity contribution in [1.29, 1.82) is 0 Å². The molecule has 1 saturated carbocycles. The van der Waals surface area contributed by atoms with E-state index in [1.807, 2.05) is 12.1 Å². The zero-order valence-electron chi connectivity index (χ0n) is 13.6. The second kappa shape index (κ2) is 7.62. The summed E-state index contributed by atoms with van der Waals surface area (Å²) in [4.78, 5) is 2.50. The van der Waals surface area contributed by atoms with Gasteiger partial charge in [-0.15, -0.1) is 0 Å². The van der Waals surface area contributed by atoms with Crippen LogP contribution in [0.15, 0.2) is 18.2 Å². The number of benzene rings is 1. The number of aryl methyl sites for hydroxylation is 1. The van der Waals surface area contributed by atoms with Gasteiger partial charge in [-0.2, -0.15) is 0 Å². The van der Waals surface area contributed by atoms with Crippen molar-refractivity contribution in [3.63, 3.8) is 0 Å². The Balaban J connectivity index is 2.10. The smallest absolute Gasteiger partial charge is 0.0472 e. The molecule has 0 radical (unpaired) electrons. The Morgan fingerprint density at radius 1 is 1.29 bits per heavy atom. The highest BCUT2D eigenvalue weighted by molar-refractivity contribution is 6.30. The molecule has 2 N–H and O–H groups in total. The fraction of sp³-hybridized carbons (Fsp3) is 0.667. The van der Waals surface area contributed by atoms with Crippen LogP contribution in [0.25, 0.3) is 0 Å². The maximum absolute atomic E-state index is 6.10. The number of hydrogen-bond donors (Lipinski definition) is 1. The highest BCUT2D eigenvalue weighted by Gasteiger charge is 2.28. The van der Waals surface area contributed by atoms with Crippen LogP contribution in [0.5, 0.6) is 0 Å². The van der Waals surface area contributed by atoms with E-state index in [4.69, 9.17) is 17.3 Å². The van der Waals surface area contributed by atoms with E-state index in [0.29, 0.717) is 18.6 Å². The Bertz CT molecular complexity index is 453. The van der Waals surface area contributed by atoms with E-state index in [2.05, 4.69) is 31.9 Å². The highest BCUT2D eigenvalue weighted by atomic mass is 35.5. The zero-order valence-corrected chi connectivity index (χ0v) is 14.4. The van der Waals surface area contributed by atoms with Gasteiger partial charge in [-0.1, -0.05) is 31.0 Å². The molecule has 0 amide bonds. The fourth-order valence-electron chi connectivity index (χ4n) is 3.74. The molecule has 3 heteroatoms. The molecule has 0 aliphatic heterocycles. The normalized spacial score (nSPS) is 24.3. The molecule has 118 valence electrons. The lowest BCUT2D eigenvalue weighted by Crippen LogP contribution is -2.40. The first-order chi connectivity index (χ1) is 10.1. The standard InChI is InChI=1S/C18H29ClN2/c1-4-14-5-8-16(9-6-14)21(3)18(12-20)17-10-7-15(19)11-13(17)2/h7,10-11,14,16,18H,4-6,8-9,12,20H2,1-3H3. The molecule has 1 fully saturated rings. The van der Waals surface area contributed by atoms with Crippen molar-refractivity contribution in [2.24, 2.45) is 11.7 Å². The van der Waals surface area contributed by atoms with Crippen LogP contribution in [0.4, 0.5) is 0 Å². The second-order valence-electron chi connectivity index (χ2n) is 6.50. The van der Waals surface area contributed by atoms with Gasteiger partial charge in [-0.05, 0) is 68.8 Å². The van der Waals surface area contributed by atoms with Gasteiger partial charge in [0.25, 0.3) is 0 Å². The van der Waals surface area contributed by atoms with Gasteiger partial charge in [0, 0.05) is 23.7 Å². The summed E-state index contributed by atoms with van der Waals surface area (Å²) < 4.78 is 0. The van der Waals surface area contributed by atoms with Crippen LogP contribution in [0, 0.1) is 12.8 Å². The van der Waals surface area contributed by atoms with Gasteiger partial charge >= 0.3 is 0 Å². The van der Waals surface area contributed by atoms with Gasteiger partial charge in [-0.25, -0.2) is 0 Å². The van der Waals surface area contributed by atoms with Crippen LogP contribution >= 0.6 is 11.6 Å². The molecule has 1 unspecified atom stereocenters. The summed E-state index contributed by atoms with van der Waals surface area (Å²) in [5.74, 6) is 0.934. The summed E-state index contributed by atoms with van der Waals surface area (Å²) in [6, 6.07) is 7.13. The van der Waals surface area contributed by atoms with E-state index in [0.717, 1.165) is 10.9 Å². The fourth-order valence-corrected chi connectivity index (χ4v) is 3.97. The predicted octanol–water partition coefficient (Wildman–Crippen LogP) is 4.55. The minimum atomic E-state index is 0.297. The molecule has 1 aliphatic rings. The second-order valence-corrected chi connectivity index (χ2v) is 6.94. The first-order valence-electron chi connectivity index (χ1n) is 8.24. The van der Waals surface area contributed by atoms with E-state index in [9.17, 15) is 0 Å². The quantitative estimate of drug-likeness (QED) is 0.864. The topological polar surface area (TPSA) is 29.3 Å². The number of likely N-dealkylation sites (N-methyl/N-ethyl adjacent to an activating group) is 1. The number of nitrogens with zero attached hydrogens (tertiary/aromatic N) is 1. The van der Waals surface area contributed by atoms with Gasteiger partial charge in [0.1, 0.15) is 0 Å². The van der Waals surface area contributed by atoms with Gasteiger partial charge in [0.15, 0.2) is 0 Å². The molecular weight excluding hydrogens is 280 g/mol. The molecule has 1 aromatic carbocycles. The molecule has 21 heavy (non-hydrogen) atoms. The largest absolute Gasteiger partial charge is 0.329 e. The van der Waals surface area contributed by atoms with E-state index in [1.54, 1.807) is 0 Å². The monoisotopic (exact) mass is 308 g/mol. The minimum absolute atomic E-state index is 0.297. The van der Waals surface area contributed by atoms with Crippen molar-refractivity contribution < 1.29 is 0 Å². The molecule has 1 aliphatic carbocycles.